The topological polar surface area (TPSA) is 84.4 Å². The summed E-state index contributed by atoms with van der Waals surface area (Å²) >= 11 is 7.12. The summed E-state index contributed by atoms with van der Waals surface area (Å²) in [5.41, 5.74) is 5.97. The third-order valence-electron chi connectivity index (χ3n) is 2.04. The minimum atomic E-state index is -0.0351. The number of nitrogens with zero attached hydrogens (tertiary/aromatic N) is 3. The Labute approximate surface area is 113 Å². The van der Waals surface area contributed by atoms with Crippen LogP contribution in [0.4, 0.5) is 0 Å². The molecule has 2 aromatic heterocycles. The van der Waals surface area contributed by atoms with E-state index in [1.807, 2.05) is 6.07 Å². The molecule has 5 nitrogen and oxygen atoms in total. The molecule has 0 aliphatic carbocycles. The van der Waals surface area contributed by atoms with Crippen LogP contribution in [0.2, 0.25) is 5.02 Å². The van der Waals surface area contributed by atoms with E-state index in [1.54, 1.807) is 30.6 Å². The smallest absolute Gasteiger partial charge is 0.189 e. The third kappa shape index (κ3) is 2.91. The summed E-state index contributed by atoms with van der Waals surface area (Å²) in [4.78, 5) is 8.99. The SMILES string of the molecule is N/C(=N/O)c1ncccc1Sc1ccc(Cl)cn1. The fourth-order valence-corrected chi connectivity index (χ4v) is 2.23. The van der Waals surface area contributed by atoms with Gasteiger partial charge in [0.1, 0.15) is 10.7 Å². The zero-order valence-corrected chi connectivity index (χ0v) is 10.7. The van der Waals surface area contributed by atoms with Crippen LogP contribution in [-0.2, 0) is 0 Å². The van der Waals surface area contributed by atoms with Crippen molar-refractivity contribution in [1.82, 2.24) is 9.97 Å². The first-order chi connectivity index (χ1) is 8.70. The second-order valence-electron chi connectivity index (χ2n) is 3.25. The number of amidine groups is 1. The van der Waals surface area contributed by atoms with E-state index in [2.05, 4.69) is 15.1 Å². The number of hydrogen-bond donors (Lipinski definition) is 2. The van der Waals surface area contributed by atoms with Gasteiger partial charge in [-0.25, -0.2) is 4.98 Å². The van der Waals surface area contributed by atoms with Gasteiger partial charge in [-0.3, -0.25) is 4.98 Å². The van der Waals surface area contributed by atoms with Crippen LogP contribution >= 0.6 is 23.4 Å². The average molecular weight is 281 g/mol. The van der Waals surface area contributed by atoms with Gasteiger partial charge in [0.2, 0.25) is 0 Å². The molecule has 2 aromatic rings. The monoisotopic (exact) mass is 280 g/mol. The molecule has 0 aliphatic rings. The van der Waals surface area contributed by atoms with Gasteiger partial charge in [-0.15, -0.1) is 0 Å². The molecule has 92 valence electrons. The quantitative estimate of drug-likeness (QED) is 0.390. The molecule has 0 unspecified atom stereocenters. The van der Waals surface area contributed by atoms with Gasteiger partial charge in [-0.2, -0.15) is 0 Å². The standard InChI is InChI=1S/C11H9ClN4OS/c12-7-3-4-9(15-6-7)18-8-2-1-5-14-10(8)11(13)16-17/h1-6,17H,(H2,13,16). The normalized spacial score (nSPS) is 11.5. The van der Waals surface area contributed by atoms with E-state index in [4.69, 9.17) is 22.5 Å². The van der Waals surface area contributed by atoms with Gasteiger partial charge in [0, 0.05) is 17.3 Å². The van der Waals surface area contributed by atoms with E-state index in [0.717, 1.165) is 9.92 Å². The summed E-state index contributed by atoms with van der Waals surface area (Å²) in [5, 5.41) is 13.0. The fourth-order valence-electron chi connectivity index (χ4n) is 1.25. The molecule has 0 radical (unpaired) electrons. The summed E-state index contributed by atoms with van der Waals surface area (Å²) in [5.74, 6) is -0.0351. The van der Waals surface area contributed by atoms with Gasteiger partial charge < -0.3 is 10.9 Å². The van der Waals surface area contributed by atoms with Crippen LogP contribution < -0.4 is 5.73 Å². The number of nitrogens with two attached hydrogens (primary N) is 1. The second-order valence-corrected chi connectivity index (χ2v) is 4.75. The fraction of sp³-hybridized carbons (Fsp3) is 0. The first-order valence-electron chi connectivity index (χ1n) is 4.93. The van der Waals surface area contributed by atoms with Crippen molar-refractivity contribution in [2.75, 3.05) is 0 Å². The molecular formula is C11H9ClN4OS. The minimum absolute atomic E-state index is 0.0351. The number of halogens is 1. The molecule has 0 atom stereocenters. The van der Waals surface area contributed by atoms with Crippen LogP contribution in [0.5, 0.6) is 0 Å². The molecule has 2 rings (SSSR count). The van der Waals surface area contributed by atoms with Crippen molar-refractivity contribution in [3.63, 3.8) is 0 Å². The molecule has 0 aliphatic heterocycles. The highest BCUT2D eigenvalue weighted by molar-refractivity contribution is 7.99. The van der Waals surface area contributed by atoms with E-state index in [1.165, 1.54) is 11.8 Å². The first kappa shape index (κ1) is 12.7. The Balaban J connectivity index is 2.32. The van der Waals surface area contributed by atoms with E-state index in [0.29, 0.717) is 10.7 Å². The van der Waals surface area contributed by atoms with Crippen molar-refractivity contribution in [1.29, 1.82) is 0 Å². The molecule has 0 saturated heterocycles. The van der Waals surface area contributed by atoms with E-state index < -0.39 is 0 Å². The number of rotatable bonds is 3. The van der Waals surface area contributed by atoms with Gasteiger partial charge in [0.25, 0.3) is 0 Å². The lowest BCUT2D eigenvalue weighted by Gasteiger charge is -2.05. The third-order valence-corrected chi connectivity index (χ3v) is 3.26. The van der Waals surface area contributed by atoms with E-state index in [9.17, 15) is 0 Å². The summed E-state index contributed by atoms with van der Waals surface area (Å²) < 4.78 is 0. The van der Waals surface area contributed by atoms with Gasteiger partial charge in [-0.1, -0.05) is 28.5 Å². The van der Waals surface area contributed by atoms with Crippen LogP contribution in [0.15, 0.2) is 51.7 Å². The molecule has 18 heavy (non-hydrogen) atoms. The Kier molecular flexibility index (Phi) is 4.01. The molecule has 7 heteroatoms. The van der Waals surface area contributed by atoms with Gasteiger partial charge >= 0.3 is 0 Å². The van der Waals surface area contributed by atoms with Crippen LogP contribution in [0.1, 0.15) is 5.69 Å². The Morgan fingerprint density at radius 3 is 2.83 bits per heavy atom. The zero-order valence-electron chi connectivity index (χ0n) is 9.12. The lowest BCUT2D eigenvalue weighted by molar-refractivity contribution is 0.318. The molecule has 0 saturated carbocycles. The van der Waals surface area contributed by atoms with Gasteiger partial charge in [-0.05, 0) is 24.3 Å². The lowest BCUT2D eigenvalue weighted by Crippen LogP contribution is -2.16. The molecule has 0 aromatic carbocycles. The van der Waals surface area contributed by atoms with Crippen LogP contribution in [0.3, 0.4) is 0 Å². The predicted octanol–water partition coefficient (Wildman–Crippen LogP) is 2.38. The number of aromatic nitrogens is 2. The molecule has 3 N–H and O–H groups in total. The summed E-state index contributed by atoms with van der Waals surface area (Å²) in [6.45, 7) is 0. The van der Waals surface area contributed by atoms with Crippen molar-refractivity contribution in [3.05, 3.63) is 47.4 Å². The molecular weight excluding hydrogens is 272 g/mol. The average Bonchev–Trinajstić information content (AvgIpc) is 2.41. The molecule has 0 fully saturated rings. The number of hydrogen-bond acceptors (Lipinski definition) is 5. The Morgan fingerprint density at radius 1 is 1.33 bits per heavy atom. The Morgan fingerprint density at radius 2 is 2.17 bits per heavy atom. The number of pyridine rings is 2. The molecule has 0 spiro atoms. The highest BCUT2D eigenvalue weighted by Gasteiger charge is 2.10. The highest BCUT2D eigenvalue weighted by Crippen LogP contribution is 2.28. The molecule has 0 amide bonds. The van der Waals surface area contributed by atoms with Crippen molar-refractivity contribution < 1.29 is 5.21 Å². The van der Waals surface area contributed by atoms with Gasteiger partial charge in [0.15, 0.2) is 5.84 Å². The van der Waals surface area contributed by atoms with Crippen molar-refractivity contribution >= 4 is 29.2 Å². The van der Waals surface area contributed by atoms with Crippen LogP contribution in [0.25, 0.3) is 0 Å². The minimum Gasteiger partial charge on any atom is -0.409 e. The summed E-state index contributed by atoms with van der Waals surface area (Å²) in [7, 11) is 0. The van der Waals surface area contributed by atoms with Crippen LogP contribution in [-0.4, -0.2) is 21.0 Å². The largest absolute Gasteiger partial charge is 0.409 e. The summed E-state index contributed by atoms with van der Waals surface area (Å²) in [6, 6.07) is 7.13. The van der Waals surface area contributed by atoms with Crippen molar-refractivity contribution in [2.24, 2.45) is 10.9 Å². The maximum absolute atomic E-state index is 8.70. The van der Waals surface area contributed by atoms with Gasteiger partial charge in [0.05, 0.1) is 5.02 Å². The van der Waals surface area contributed by atoms with Crippen molar-refractivity contribution in [2.45, 2.75) is 9.92 Å². The maximum atomic E-state index is 8.70. The molecule has 2 heterocycles. The first-order valence-corrected chi connectivity index (χ1v) is 6.12. The summed E-state index contributed by atoms with van der Waals surface area (Å²) in [6.07, 6.45) is 3.14. The van der Waals surface area contributed by atoms with E-state index in [-0.39, 0.29) is 5.84 Å². The zero-order chi connectivity index (χ0) is 13.0. The second kappa shape index (κ2) is 5.70. The predicted molar refractivity (Wildman–Crippen MR) is 70.1 cm³/mol. The van der Waals surface area contributed by atoms with E-state index >= 15 is 0 Å². The highest BCUT2D eigenvalue weighted by atomic mass is 35.5. The Bertz CT molecular complexity index is 574. The Hall–Kier alpha value is -1.79. The maximum Gasteiger partial charge on any atom is 0.189 e. The van der Waals surface area contributed by atoms with Crippen molar-refractivity contribution in [3.8, 4) is 0 Å². The lowest BCUT2D eigenvalue weighted by atomic mass is 10.3. The number of oxime groups is 1. The van der Waals surface area contributed by atoms with Crippen LogP contribution in [0, 0.1) is 0 Å². The molecule has 0 bridgehead atoms.